The molecule has 3 aromatic heterocycles. The van der Waals surface area contributed by atoms with Crippen LogP contribution in [0.1, 0.15) is 34.8 Å². The highest BCUT2D eigenvalue weighted by atomic mass is 19.4. The lowest BCUT2D eigenvalue weighted by molar-refractivity contribution is -0.137. The van der Waals surface area contributed by atoms with Crippen molar-refractivity contribution in [2.75, 3.05) is 31.2 Å². The fourth-order valence-electron chi connectivity index (χ4n) is 6.11. The minimum absolute atomic E-state index is 0.0356. The summed E-state index contributed by atoms with van der Waals surface area (Å²) >= 11 is 0. The van der Waals surface area contributed by atoms with Crippen LogP contribution in [0.15, 0.2) is 55.5 Å². The van der Waals surface area contributed by atoms with Crippen molar-refractivity contribution in [3.05, 3.63) is 66.6 Å². The molecule has 3 N–H and O–H groups in total. The minimum Gasteiger partial charge on any atom is -0.496 e. The Labute approximate surface area is 243 Å². The van der Waals surface area contributed by atoms with E-state index in [4.69, 9.17) is 15.6 Å². The first-order valence-electron chi connectivity index (χ1n) is 13.5. The van der Waals surface area contributed by atoms with E-state index in [0.29, 0.717) is 47.2 Å². The van der Waals surface area contributed by atoms with E-state index in [1.807, 2.05) is 9.58 Å². The minimum atomic E-state index is -4.58. The van der Waals surface area contributed by atoms with E-state index in [2.05, 4.69) is 26.8 Å². The van der Waals surface area contributed by atoms with E-state index >= 15 is 0 Å². The number of methoxy groups -OCH3 is 1. The van der Waals surface area contributed by atoms with Crippen molar-refractivity contribution in [3.63, 3.8) is 0 Å². The molecule has 43 heavy (non-hydrogen) atoms. The summed E-state index contributed by atoms with van der Waals surface area (Å²) in [6, 6.07) is 6.36. The normalized spacial score (nSPS) is 19.8. The summed E-state index contributed by atoms with van der Waals surface area (Å²) in [5.74, 6) is 0.0652. The summed E-state index contributed by atoms with van der Waals surface area (Å²) in [5, 5.41) is 7.86. The molecule has 1 aromatic carbocycles. The second kappa shape index (κ2) is 10.7. The molecule has 1 saturated heterocycles. The molecule has 0 spiro atoms. The van der Waals surface area contributed by atoms with Crippen LogP contribution in [0.5, 0.6) is 5.75 Å². The maximum Gasteiger partial charge on any atom is 0.416 e. The van der Waals surface area contributed by atoms with Gasteiger partial charge in [0, 0.05) is 24.8 Å². The molecule has 14 heteroatoms. The Morgan fingerprint density at radius 3 is 2.53 bits per heavy atom. The predicted octanol–water partition coefficient (Wildman–Crippen LogP) is 4.35. The van der Waals surface area contributed by atoms with Crippen LogP contribution in [0.2, 0.25) is 0 Å². The fraction of sp³-hybridized carbons (Fsp3) is 0.310. The fourth-order valence-corrected chi connectivity index (χ4v) is 6.11. The number of ether oxygens (including phenoxy) is 1. The Hall–Kier alpha value is -5.01. The molecule has 4 heterocycles. The topological polar surface area (TPSA) is 141 Å². The van der Waals surface area contributed by atoms with Gasteiger partial charge < -0.3 is 20.7 Å². The van der Waals surface area contributed by atoms with Crippen LogP contribution < -0.4 is 15.8 Å². The summed E-state index contributed by atoms with van der Waals surface area (Å²) in [6.45, 7) is 4.94. The van der Waals surface area contributed by atoms with E-state index < -0.39 is 17.6 Å². The zero-order chi connectivity index (χ0) is 30.5. The highest BCUT2D eigenvalue weighted by Gasteiger charge is 2.43. The Bertz CT molecular complexity index is 1740. The van der Waals surface area contributed by atoms with Gasteiger partial charge in [-0.15, -0.1) is 0 Å². The summed E-state index contributed by atoms with van der Waals surface area (Å²) in [7, 11) is 1.38. The lowest BCUT2D eigenvalue weighted by atomic mass is 10.0. The molecule has 1 saturated carbocycles. The van der Waals surface area contributed by atoms with E-state index in [0.717, 1.165) is 31.2 Å². The standard InChI is InChI=1S/C29H27F3N8O3/c1-3-23(41)39-12-16-8-19(9-17(16)13-39)40-27-24(26(33)35-14-36-27)25(38-40)15-4-5-20(21(10-15)43-2)28(42)37-22-11-18(6-7-34-22)29(30,31)32/h3-7,10-11,14,16-17,19H,1,8-9,12-13H2,2H3,(H2,33,35,36)(H,34,37,42). The van der Waals surface area contributed by atoms with Crippen molar-refractivity contribution < 1.29 is 27.5 Å². The van der Waals surface area contributed by atoms with Crippen molar-refractivity contribution in [2.24, 2.45) is 11.8 Å². The number of nitrogens with two attached hydrogens (primary N) is 1. The molecular formula is C29H27F3N8O3. The number of nitrogen functional groups attached to an aromatic ring is 1. The lowest BCUT2D eigenvalue weighted by Gasteiger charge is -2.18. The van der Waals surface area contributed by atoms with Crippen LogP contribution in [-0.2, 0) is 11.0 Å². The van der Waals surface area contributed by atoms with Gasteiger partial charge in [-0.25, -0.2) is 19.6 Å². The number of benzene rings is 1. The average molecular weight is 593 g/mol. The van der Waals surface area contributed by atoms with E-state index in [9.17, 15) is 22.8 Å². The largest absolute Gasteiger partial charge is 0.496 e. The number of hydrogen-bond donors (Lipinski definition) is 2. The number of carbonyl (C=O) groups excluding carboxylic acids is 2. The van der Waals surface area contributed by atoms with Crippen molar-refractivity contribution in [1.82, 2.24) is 29.6 Å². The van der Waals surface area contributed by atoms with Gasteiger partial charge in [0.2, 0.25) is 5.91 Å². The molecule has 222 valence electrons. The first-order chi connectivity index (χ1) is 20.6. The number of hydrogen-bond acceptors (Lipinski definition) is 8. The Balaban J connectivity index is 1.30. The molecule has 2 unspecified atom stereocenters. The maximum atomic E-state index is 13.1. The number of pyridine rings is 1. The van der Waals surface area contributed by atoms with Crippen LogP contribution in [0.25, 0.3) is 22.3 Å². The third kappa shape index (κ3) is 5.13. The number of alkyl halides is 3. The number of anilines is 2. The highest BCUT2D eigenvalue weighted by Crippen LogP contribution is 2.45. The summed E-state index contributed by atoms with van der Waals surface area (Å²) in [6.07, 6.45) is 0.755. The van der Waals surface area contributed by atoms with E-state index in [-0.39, 0.29) is 34.9 Å². The first-order valence-corrected chi connectivity index (χ1v) is 13.5. The van der Waals surface area contributed by atoms with Crippen molar-refractivity contribution in [2.45, 2.75) is 25.1 Å². The zero-order valence-electron chi connectivity index (χ0n) is 23.0. The third-order valence-electron chi connectivity index (χ3n) is 8.12. The number of nitrogens with one attached hydrogen (secondary N) is 1. The number of carbonyl (C=O) groups is 2. The number of likely N-dealkylation sites (tertiary alicyclic amines) is 1. The van der Waals surface area contributed by atoms with Gasteiger partial charge in [0.05, 0.1) is 29.7 Å². The van der Waals surface area contributed by atoms with Crippen molar-refractivity contribution in [1.29, 1.82) is 0 Å². The first kappa shape index (κ1) is 28.1. The van der Waals surface area contributed by atoms with Crippen LogP contribution >= 0.6 is 0 Å². The Kier molecular flexibility index (Phi) is 6.98. The van der Waals surface area contributed by atoms with Crippen molar-refractivity contribution in [3.8, 4) is 17.0 Å². The summed E-state index contributed by atoms with van der Waals surface area (Å²) in [5.41, 5.74) is 7.10. The quantitative estimate of drug-likeness (QED) is 0.315. The van der Waals surface area contributed by atoms with Gasteiger partial charge in [0.15, 0.2) is 5.65 Å². The Morgan fingerprint density at radius 1 is 1.12 bits per heavy atom. The van der Waals surface area contributed by atoms with Gasteiger partial charge >= 0.3 is 6.18 Å². The SMILES string of the molecule is C=CC(=O)N1CC2CC(n3nc(-c4ccc(C(=O)Nc5cc(C(F)(F)F)ccn5)c(OC)c4)c4c(N)ncnc43)CC2C1. The molecule has 2 fully saturated rings. The number of rotatable bonds is 6. The van der Waals surface area contributed by atoms with Gasteiger partial charge in [0.25, 0.3) is 5.91 Å². The van der Waals surface area contributed by atoms with Gasteiger partial charge in [-0.05, 0) is 55.0 Å². The van der Waals surface area contributed by atoms with Gasteiger partial charge in [-0.1, -0.05) is 12.6 Å². The zero-order valence-corrected chi connectivity index (χ0v) is 23.0. The van der Waals surface area contributed by atoms with Gasteiger partial charge in [-0.3, -0.25) is 9.59 Å². The smallest absolute Gasteiger partial charge is 0.416 e. The van der Waals surface area contributed by atoms with Gasteiger partial charge in [-0.2, -0.15) is 18.3 Å². The summed E-state index contributed by atoms with van der Waals surface area (Å²) in [4.78, 5) is 39.4. The van der Waals surface area contributed by atoms with Crippen LogP contribution in [0.3, 0.4) is 0 Å². The summed E-state index contributed by atoms with van der Waals surface area (Å²) < 4.78 is 46.7. The molecule has 11 nitrogen and oxygen atoms in total. The van der Waals surface area contributed by atoms with Crippen molar-refractivity contribution >= 4 is 34.5 Å². The molecule has 2 atom stereocenters. The average Bonchev–Trinajstić information content (AvgIpc) is 3.68. The van der Waals surface area contributed by atoms with E-state index in [1.165, 1.54) is 25.6 Å². The second-order valence-corrected chi connectivity index (χ2v) is 10.6. The number of aromatic nitrogens is 5. The number of fused-ring (bicyclic) bond motifs is 2. The molecule has 2 amide bonds. The van der Waals surface area contributed by atoms with Crippen LogP contribution in [0.4, 0.5) is 24.8 Å². The molecule has 6 rings (SSSR count). The molecule has 4 aromatic rings. The third-order valence-corrected chi connectivity index (χ3v) is 8.12. The molecule has 1 aliphatic carbocycles. The molecule has 2 aliphatic rings. The second-order valence-electron chi connectivity index (χ2n) is 10.6. The molecule has 0 radical (unpaired) electrons. The Morgan fingerprint density at radius 2 is 1.86 bits per heavy atom. The highest BCUT2D eigenvalue weighted by molar-refractivity contribution is 6.06. The van der Waals surface area contributed by atoms with Gasteiger partial charge in [0.1, 0.15) is 29.4 Å². The molecule has 1 aliphatic heterocycles. The lowest BCUT2D eigenvalue weighted by Crippen LogP contribution is -2.28. The number of halogens is 3. The monoisotopic (exact) mass is 592 g/mol. The number of nitrogens with zero attached hydrogens (tertiary/aromatic N) is 6. The van der Waals surface area contributed by atoms with E-state index in [1.54, 1.807) is 12.1 Å². The van der Waals surface area contributed by atoms with Crippen LogP contribution in [-0.4, -0.2) is 61.6 Å². The number of amides is 2. The van der Waals surface area contributed by atoms with Crippen LogP contribution in [0, 0.1) is 11.8 Å². The molecule has 0 bridgehead atoms. The maximum absolute atomic E-state index is 13.1. The molecular weight excluding hydrogens is 565 g/mol. The predicted molar refractivity (Wildman–Crippen MR) is 151 cm³/mol.